The molecular formula is C13H20N2O2. The summed E-state index contributed by atoms with van der Waals surface area (Å²) in [5.41, 5.74) is 1.26. The second-order valence-corrected chi connectivity index (χ2v) is 4.53. The zero-order chi connectivity index (χ0) is 12.3. The molecule has 1 aromatic rings. The van der Waals surface area contributed by atoms with Crippen LogP contribution in [0.25, 0.3) is 0 Å². The van der Waals surface area contributed by atoms with Gasteiger partial charge in [-0.3, -0.25) is 4.79 Å². The third kappa shape index (κ3) is 3.09. The standard InChI is InChI=1S/C13H20N2O2/c1-3-17-12(16)9-15-7-6-11(8-15)13(14-2)10-4-5-10/h6-8,10,13-14H,3-5,9H2,1-2H3. The van der Waals surface area contributed by atoms with Crippen molar-refractivity contribution in [1.82, 2.24) is 9.88 Å². The molecule has 1 aliphatic rings. The highest BCUT2D eigenvalue weighted by molar-refractivity contribution is 5.69. The van der Waals surface area contributed by atoms with Crippen LogP contribution >= 0.6 is 0 Å². The van der Waals surface area contributed by atoms with Crippen LogP contribution in [0.15, 0.2) is 18.5 Å². The van der Waals surface area contributed by atoms with Gasteiger partial charge in [-0.15, -0.1) is 0 Å². The number of carbonyl (C=O) groups is 1. The predicted octanol–water partition coefficient (Wildman–Crippen LogP) is 1.72. The summed E-state index contributed by atoms with van der Waals surface area (Å²) in [6.45, 7) is 2.56. The first kappa shape index (κ1) is 12.2. The van der Waals surface area contributed by atoms with Crippen LogP contribution in [0.2, 0.25) is 0 Å². The minimum absolute atomic E-state index is 0.179. The molecule has 4 heteroatoms. The summed E-state index contributed by atoms with van der Waals surface area (Å²) in [6, 6.07) is 2.51. The minimum Gasteiger partial charge on any atom is -0.465 e. The van der Waals surface area contributed by atoms with Gasteiger partial charge in [-0.25, -0.2) is 0 Å². The first-order valence-electron chi connectivity index (χ1n) is 6.23. The molecule has 0 aromatic carbocycles. The highest BCUT2D eigenvalue weighted by Crippen LogP contribution is 2.40. The maximum atomic E-state index is 11.3. The molecule has 1 aromatic heterocycles. The fourth-order valence-electron chi connectivity index (χ4n) is 2.20. The Hall–Kier alpha value is -1.29. The van der Waals surface area contributed by atoms with Gasteiger partial charge in [0, 0.05) is 18.4 Å². The van der Waals surface area contributed by atoms with Gasteiger partial charge in [0.2, 0.25) is 0 Å². The molecule has 1 N–H and O–H groups in total. The van der Waals surface area contributed by atoms with E-state index < -0.39 is 0 Å². The number of aromatic nitrogens is 1. The Morgan fingerprint density at radius 2 is 2.41 bits per heavy atom. The van der Waals surface area contributed by atoms with Crippen molar-refractivity contribution in [3.63, 3.8) is 0 Å². The van der Waals surface area contributed by atoms with Crippen molar-refractivity contribution in [1.29, 1.82) is 0 Å². The van der Waals surface area contributed by atoms with E-state index in [1.54, 1.807) is 0 Å². The molecule has 1 unspecified atom stereocenters. The van der Waals surface area contributed by atoms with E-state index in [1.807, 2.05) is 30.9 Å². The Morgan fingerprint density at radius 3 is 3.00 bits per heavy atom. The summed E-state index contributed by atoms with van der Waals surface area (Å²) < 4.78 is 6.82. The van der Waals surface area contributed by atoms with Gasteiger partial charge < -0.3 is 14.6 Å². The maximum absolute atomic E-state index is 11.3. The zero-order valence-corrected chi connectivity index (χ0v) is 10.5. The molecule has 1 saturated carbocycles. The number of hydrogen-bond donors (Lipinski definition) is 1. The van der Waals surface area contributed by atoms with E-state index in [0.29, 0.717) is 19.2 Å². The van der Waals surface area contributed by atoms with Crippen molar-refractivity contribution >= 4 is 5.97 Å². The van der Waals surface area contributed by atoms with E-state index in [2.05, 4.69) is 11.4 Å². The molecule has 0 spiro atoms. The van der Waals surface area contributed by atoms with Crippen molar-refractivity contribution in [3.8, 4) is 0 Å². The molecule has 0 amide bonds. The fourth-order valence-corrected chi connectivity index (χ4v) is 2.20. The van der Waals surface area contributed by atoms with E-state index >= 15 is 0 Å². The number of ether oxygens (including phenoxy) is 1. The minimum atomic E-state index is -0.179. The maximum Gasteiger partial charge on any atom is 0.325 e. The number of rotatable bonds is 6. The SMILES string of the molecule is CCOC(=O)Cn1ccc(C(NC)C2CC2)c1. The molecule has 0 aliphatic heterocycles. The van der Waals surface area contributed by atoms with Gasteiger partial charge in [0.1, 0.15) is 6.54 Å². The average molecular weight is 236 g/mol. The summed E-state index contributed by atoms with van der Waals surface area (Å²) in [5.74, 6) is 0.584. The third-order valence-electron chi connectivity index (χ3n) is 3.15. The fraction of sp³-hybridized carbons (Fsp3) is 0.615. The van der Waals surface area contributed by atoms with Crippen LogP contribution < -0.4 is 5.32 Å². The Balaban J connectivity index is 1.97. The molecule has 1 atom stereocenters. The third-order valence-corrected chi connectivity index (χ3v) is 3.15. The molecule has 2 rings (SSSR count). The van der Waals surface area contributed by atoms with Gasteiger partial charge in [0.25, 0.3) is 0 Å². The highest BCUT2D eigenvalue weighted by atomic mass is 16.5. The van der Waals surface area contributed by atoms with E-state index in [4.69, 9.17) is 4.74 Å². The van der Waals surface area contributed by atoms with Crippen LogP contribution in [0.3, 0.4) is 0 Å². The largest absolute Gasteiger partial charge is 0.465 e. The summed E-state index contributed by atoms with van der Waals surface area (Å²) in [5, 5.41) is 3.34. The summed E-state index contributed by atoms with van der Waals surface area (Å²) in [6.07, 6.45) is 6.58. The van der Waals surface area contributed by atoms with Crippen LogP contribution in [0.5, 0.6) is 0 Å². The molecule has 17 heavy (non-hydrogen) atoms. The van der Waals surface area contributed by atoms with E-state index in [1.165, 1.54) is 18.4 Å². The predicted molar refractivity (Wildman–Crippen MR) is 65.6 cm³/mol. The van der Waals surface area contributed by atoms with Gasteiger partial charge >= 0.3 is 5.97 Å². The Bertz CT molecular complexity index is 383. The highest BCUT2D eigenvalue weighted by Gasteiger charge is 2.31. The van der Waals surface area contributed by atoms with E-state index in [0.717, 1.165) is 5.92 Å². The summed E-state index contributed by atoms with van der Waals surface area (Å²) in [4.78, 5) is 11.3. The Morgan fingerprint density at radius 1 is 1.65 bits per heavy atom. The second kappa shape index (κ2) is 5.36. The van der Waals surface area contributed by atoms with Crippen LogP contribution in [0.4, 0.5) is 0 Å². The normalized spacial score (nSPS) is 16.8. The van der Waals surface area contributed by atoms with Crippen molar-refractivity contribution in [3.05, 3.63) is 24.0 Å². The molecule has 4 nitrogen and oxygen atoms in total. The number of esters is 1. The van der Waals surface area contributed by atoms with Crippen LogP contribution in [0, 0.1) is 5.92 Å². The molecule has 1 aliphatic carbocycles. The molecule has 1 heterocycles. The summed E-state index contributed by atoms with van der Waals surface area (Å²) >= 11 is 0. The van der Waals surface area contributed by atoms with Crippen molar-refractivity contribution in [2.75, 3.05) is 13.7 Å². The average Bonchev–Trinajstić information content (AvgIpc) is 3.02. The molecule has 0 bridgehead atoms. The van der Waals surface area contributed by atoms with E-state index in [9.17, 15) is 4.79 Å². The Kier molecular flexibility index (Phi) is 3.84. The first-order valence-corrected chi connectivity index (χ1v) is 6.23. The smallest absolute Gasteiger partial charge is 0.325 e. The van der Waals surface area contributed by atoms with E-state index in [-0.39, 0.29) is 5.97 Å². The quantitative estimate of drug-likeness (QED) is 0.765. The monoisotopic (exact) mass is 236 g/mol. The second-order valence-electron chi connectivity index (χ2n) is 4.53. The first-order chi connectivity index (χ1) is 8.24. The van der Waals surface area contributed by atoms with Crippen molar-refractivity contribution in [2.45, 2.75) is 32.4 Å². The van der Waals surface area contributed by atoms with Crippen LogP contribution in [-0.2, 0) is 16.1 Å². The topological polar surface area (TPSA) is 43.3 Å². The van der Waals surface area contributed by atoms with Crippen molar-refractivity contribution in [2.24, 2.45) is 5.92 Å². The Labute approximate surface area is 102 Å². The number of nitrogens with one attached hydrogen (secondary N) is 1. The lowest BCUT2D eigenvalue weighted by Crippen LogP contribution is -2.18. The summed E-state index contributed by atoms with van der Waals surface area (Å²) in [7, 11) is 1.99. The van der Waals surface area contributed by atoms with Crippen molar-refractivity contribution < 1.29 is 9.53 Å². The van der Waals surface area contributed by atoms with Gasteiger partial charge in [-0.1, -0.05) is 0 Å². The molecular weight excluding hydrogens is 216 g/mol. The molecule has 0 saturated heterocycles. The number of hydrogen-bond acceptors (Lipinski definition) is 3. The van der Waals surface area contributed by atoms with Crippen LogP contribution in [0.1, 0.15) is 31.4 Å². The van der Waals surface area contributed by atoms with Gasteiger partial charge in [-0.2, -0.15) is 0 Å². The number of carbonyl (C=O) groups excluding carboxylic acids is 1. The lowest BCUT2D eigenvalue weighted by atomic mass is 10.1. The van der Waals surface area contributed by atoms with Crippen LogP contribution in [-0.4, -0.2) is 24.2 Å². The van der Waals surface area contributed by atoms with Gasteiger partial charge in [0.15, 0.2) is 0 Å². The number of nitrogens with zero attached hydrogens (tertiary/aromatic N) is 1. The molecule has 94 valence electrons. The van der Waals surface area contributed by atoms with Gasteiger partial charge in [0.05, 0.1) is 6.61 Å². The van der Waals surface area contributed by atoms with Gasteiger partial charge in [-0.05, 0) is 44.4 Å². The lowest BCUT2D eigenvalue weighted by Gasteiger charge is -2.13. The molecule has 0 radical (unpaired) electrons. The lowest BCUT2D eigenvalue weighted by molar-refractivity contribution is -0.143. The zero-order valence-electron chi connectivity index (χ0n) is 10.5. The molecule has 1 fully saturated rings.